The van der Waals surface area contributed by atoms with E-state index in [1.165, 1.54) is 18.2 Å². The molecule has 0 atom stereocenters. The number of nitrogens with one attached hydrogen (secondary N) is 1. The maximum absolute atomic E-state index is 12.9. The maximum atomic E-state index is 12.9. The Balaban J connectivity index is 1.63. The predicted octanol–water partition coefficient (Wildman–Crippen LogP) is 4.97. The van der Waals surface area contributed by atoms with E-state index in [1.54, 1.807) is 48.8 Å². The summed E-state index contributed by atoms with van der Waals surface area (Å²) in [5.74, 6) is 0.762. The van der Waals surface area contributed by atoms with E-state index >= 15 is 0 Å². The third-order valence-electron chi connectivity index (χ3n) is 3.60. The second kappa shape index (κ2) is 8.07. The molecule has 1 heterocycles. The molecule has 0 aliphatic carbocycles. The molecular weight excluding hydrogens is 331 g/mol. The van der Waals surface area contributed by atoms with E-state index in [4.69, 9.17) is 4.74 Å². The van der Waals surface area contributed by atoms with Gasteiger partial charge >= 0.3 is 0 Å². The number of hydrogen-bond acceptors (Lipinski definition) is 3. The topological polar surface area (TPSA) is 51.2 Å². The number of carbonyl (C=O) groups is 1. The lowest BCUT2D eigenvalue weighted by Gasteiger charge is -2.10. The van der Waals surface area contributed by atoms with Crippen LogP contribution in [-0.4, -0.2) is 10.9 Å². The van der Waals surface area contributed by atoms with Gasteiger partial charge in [-0.25, -0.2) is 4.39 Å². The van der Waals surface area contributed by atoms with Crippen LogP contribution in [0.2, 0.25) is 0 Å². The number of halogens is 1. The summed E-state index contributed by atoms with van der Waals surface area (Å²) in [4.78, 5) is 16.0. The minimum atomic E-state index is -0.310. The highest BCUT2D eigenvalue weighted by Crippen LogP contribution is 2.26. The highest BCUT2D eigenvalue weighted by atomic mass is 19.1. The van der Waals surface area contributed by atoms with E-state index in [-0.39, 0.29) is 11.7 Å². The second-order valence-electron chi connectivity index (χ2n) is 5.65. The highest BCUT2D eigenvalue weighted by molar-refractivity contribution is 6.02. The van der Waals surface area contributed by atoms with Crippen molar-refractivity contribution >= 4 is 17.7 Å². The molecule has 0 spiro atoms. The van der Waals surface area contributed by atoms with Crippen molar-refractivity contribution in [3.05, 3.63) is 90.0 Å². The Bertz CT molecular complexity index is 923. The Morgan fingerprint density at radius 1 is 1.15 bits per heavy atom. The van der Waals surface area contributed by atoms with Gasteiger partial charge in [-0.1, -0.05) is 12.1 Å². The minimum Gasteiger partial charge on any atom is -0.455 e. The number of aromatic nitrogens is 1. The van der Waals surface area contributed by atoms with Gasteiger partial charge in [0.2, 0.25) is 5.91 Å². The molecule has 1 N–H and O–H groups in total. The van der Waals surface area contributed by atoms with Crippen molar-refractivity contribution in [1.82, 2.24) is 4.98 Å². The molecule has 0 aliphatic rings. The number of amides is 1. The van der Waals surface area contributed by atoms with Crippen LogP contribution in [0.1, 0.15) is 11.1 Å². The van der Waals surface area contributed by atoms with Gasteiger partial charge in [0.15, 0.2) is 0 Å². The van der Waals surface area contributed by atoms with Crippen LogP contribution in [0.3, 0.4) is 0 Å². The van der Waals surface area contributed by atoms with E-state index in [0.717, 1.165) is 11.1 Å². The van der Waals surface area contributed by atoms with Crippen molar-refractivity contribution in [3.63, 3.8) is 0 Å². The first-order valence-corrected chi connectivity index (χ1v) is 8.03. The molecule has 3 aromatic rings. The predicted molar refractivity (Wildman–Crippen MR) is 99.6 cm³/mol. The van der Waals surface area contributed by atoms with Crippen molar-refractivity contribution in [2.45, 2.75) is 6.92 Å². The number of rotatable bonds is 5. The molecule has 1 amide bonds. The van der Waals surface area contributed by atoms with Crippen molar-refractivity contribution < 1.29 is 13.9 Å². The zero-order valence-electron chi connectivity index (χ0n) is 14.1. The number of pyridine rings is 1. The molecule has 26 heavy (non-hydrogen) atoms. The van der Waals surface area contributed by atoms with Gasteiger partial charge in [0.05, 0.1) is 6.20 Å². The molecule has 4 nitrogen and oxygen atoms in total. The monoisotopic (exact) mass is 348 g/mol. The fraction of sp³-hybridized carbons (Fsp3) is 0.0476. The quantitative estimate of drug-likeness (QED) is 0.662. The van der Waals surface area contributed by atoms with Gasteiger partial charge in [0.1, 0.15) is 17.3 Å². The largest absolute Gasteiger partial charge is 0.455 e. The molecular formula is C21H17FN2O2. The number of carbonyl (C=O) groups excluding carboxylic acids is 1. The summed E-state index contributed by atoms with van der Waals surface area (Å²) >= 11 is 0. The first-order chi connectivity index (χ1) is 12.6. The molecule has 0 saturated carbocycles. The number of ether oxygens (including phenoxy) is 1. The highest BCUT2D eigenvalue weighted by Gasteiger charge is 2.05. The fourth-order valence-electron chi connectivity index (χ4n) is 2.31. The van der Waals surface area contributed by atoms with Crippen LogP contribution in [-0.2, 0) is 4.79 Å². The summed E-state index contributed by atoms with van der Waals surface area (Å²) in [6.45, 7) is 1.90. The Morgan fingerprint density at radius 2 is 1.96 bits per heavy atom. The number of aryl methyl sites for hydroxylation is 1. The lowest BCUT2D eigenvalue weighted by Crippen LogP contribution is -2.07. The normalized spacial score (nSPS) is 10.7. The molecule has 0 saturated heterocycles. The summed E-state index contributed by atoms with van der Waals surface area (Å²) in [6, 6.07) is 14.9. The number of nitrogens with zero attached hydrogens (tertiary/aromatic N) is 1. The van der Waals surface area contributed by atoms with E-state index in [1.807, 2.05) is 19.1 Å². The van der Waals surface area contributed by atoms with Crippen LogP contribution in [0, 0.1) is 12.7 Å². The lowest BCUT2D eigenvalue weighted by molar-refractivity contribution is -0.111. The Kier molecular flexibility index (Phi) is 5.39. The van der Waals surface area contributed by atoms with Crippen LogP contribution in [0.15, 0.2) is 73.1 Å². The standard InChI is InChI=1S/C21H17FN2O2/c1-15-13-18(9-10-20(15)26-19-3-2-12-23-14-19)24-21(25)11-6-16-4-7-17(22)8-5-16/h2-14H,1H3,(H,24,25). The Hall–Kier alpha value is -3.47. The van der Waals surface area contributed by atoms with E-state index in [0.29, 0.717) is 17.2 Å². The smallest absolute Gasteiger partial charge is 0.248 e. The molecule has 0 radical (unpaired) electrons. The van der Waals surface area contributed by atoms with E-state index in [9.17, 15) is 9.18 Å². The van der Waals surface area contributed by atoms with Crippen molar-refractivity contribution in [2.24, 2.45) is 0 Å². The van der Waals surface area contributed by atoms with Crippen LogP contribution >= 0.6 is 0 Å². The number of benzene rings is 2. The molecule has 130 valence electrons. The molecule has 3 rings (SSSR count). The van der Waals surface area contributed by atoms with Crippen LogP contribution in [0.5, 0.6) is 11.5 Å². The van der Waals surface area contributed by atoms with E-state index < -0.39 is 0 Å². The zero-order chi connectivity index (χ0) is 18.4. The van der Waals surface area contributed by atoms with Crippen LogP contribution in [0.25, 0.3) is 6.08 Å². The summed E-state index contributed by atoms with van der Waals surface area (Å²) < 4.78 is 18.6. The molecule has 0 fully saturated rings. The van der Waals surface area contributed by atoms with Gasteiger partial charge in [-0.3, -0.25) is 9.78 Å². The first kappa shape index (κ1) is 17.4. The van der Waals surface area contributed by atoms with Crippen LogP contribution < -0.4 is 10.1 Å². The summed E-state index contributed by atoms with van der Waals surface area (Å²) in [6.07, 6.45) is 6.34. The van der Waals surface area contributed by atoms with Crippen LogP contribution in [0.4, 0.5) is 10.1 Å². The van der Waals surface area contributed by atoms with Crippen molar-refractivity contribution in [1.29, 1.82) is 0 Å². The molecule has 5 heteroatoms. The van der Waals surface area contributed by atoms with Gasteiger partial charge < -0.3 is 10.1 Å². The summed E-state index contributed by atoms with van der Waals surface area (Å²) in [5, 5.41) is 2.79. The summed E-state index contributed by atoms with van der Waals surface area (Å²) in [5.41, 5.74) is 2.29. The van der Waals surface area contributed by atoms with Gasteiger partial charge in [-0.05, 0) is 66.6 Å². The Morgan fingerprint density at radius 3 is 2.65 bits per heavy atom. The van der Waals surface area contributed by atoms with Gasteiger partial charge in [0.25, 0.3) is 0 Å². The average Bonchev–Trinajstić information content (AvgIpc) is 2.64. The first-order valence-electron chi connectivity index (χ1n) is 8.03. The molecule has 0 unspecified atom stereocenters. The molecule has 0 bridgehead atoms. The van der Waals surface area contributed by atoms with Gasteiger partial charge in [-0.15, -0.1) is 0 Å². The number of anilines is 1. The fourth-order valence-corrected chi connectivity index (χ4v) is 2.31. The molecule has 0 aliphatic heterocycles. The van der Waals surface area contributed by atoms with Gasteiger partial charge in [-0.2, -0.15) is 0 Å². The zero-order valence-corrected chi connectivity index (χ0v) is 14.1. The van der Waals surface area contributed by atoms with Crippen molar-refractivity contribution in [2.75, 3.05) is 5.32 Å². The summed E-state index contributed by atoms with van der Waals surface area (Å²) in [7, 11) is 0. The van der Waals surface area contributed by atoms with Crippen molar-refractivity contribution in [3.8, 4) is 11.5 Å². The Labute approximate surface area is 151 Å². The average molecular weight is 348 g/mol. The third kappa shape index (κ3) is 4.77. The van der Waals surface area contributed by atoms with E-state index in [2.05, 4.69) is 10.3 Å². The maximum Gasteiger partial charge on any atom is 0.248 e. The SMILES string of the molecule is Cc1cc(NC(=O)C=Cc2ccc(F)cc2)ccc1Oc1cccnc1. The lowest BCUT2D eigenvalue weighted by atomic mass is 10.2. The van der Waals surface area contributed by atoms with Gasteiger partial charge in [0, 0.05) is 18.0 Å². The minimum absolute atomic E-state index is 0.269. The molecule has 2 aromatic carbocycles. The number of hydrogen-bond donors (Lipinski definition) is 1. The third-order valence-corrected chi connectivity index (χ3v) is 3.60. The molecule has 1 aromatic heterocycles. The second-order valence-corrected chi connectivity index (χ2v) is 5.65.